The van der Waals surface area contributed by atoms with Crippen LogP contribution < -0.4 is 10.1 Å². The highest BCUT2D eigenvalue weighted by atomic mass is 19.4. The van der Waals surface area contributed by atoms with E-state index in [1.54, 1.807) is 7.11 Å². The first-order valence-electron chi connectivity index (χ1n) is 14.0. The number of hydrogen-bond donors (Lipinski definition) is 1. The fourth-order valence-corrected chi connectivity index (χ4v) is 5.09. The normalized spacial score (nSPS) is 20.0. The second-order valence-electron chi connectivity index (χ2n) is 11.0. The van der Waals surface area contributed by atoms with Gasteiger partial charge in [-0.15, -0.1) is 0 Å². The largest absolute Gasteiger partial charge is 0.497 e. The van der Waals surface area contributed by atoms with E-state index < -0.39 is 12.6 Å². The Morgan fingerprint density at radius 3 is 2.68 bits per heavy atom. The summed E-state index contributed by atoms with van der Waals surface area (Å²) in [4.78, 5) is 17.2. The van der Waals surface area contributed by atoms with Crippen molar-refractivity contribution >= 4 is 23.0 Å². The zero-order valence-electron chi connectivity index (χ0n) is 23.6. The number of hydrazone groups is 1. The van der Waals surface area contributed by atoms with E-state index in [1.807, 2.05) is 60.5 Å². The van der Waals surface area contributed by atoms with Crippen LogP contribution in [0.3, 0.4) is 0 Å². The zero-order chi connectivity index (χ0) is 29.1. The highest BCUT2D eigenvalue weighted by Crippen LogP contribution is 2.35. The number of halogens is 3. The van der Waals surface area contributed by atoms with Crippen molar-refractivity contribution in [1.29, 1.82) is 0 Å². The predicted octanol–water partition coefficient (Wildman–Crippen LogP) is 6.86. The molecular weight excluding hydrogens is 529 g/mol. The number of ether oxygens (including phenoxy) is 1. The number of amides is 1. The predicted molar refractivity (Wildman–Crippen MR) is 155 cm³/mol. The fraction of sp³-hybridized carbons (Fsp3) is 0.406. The van der Waals surface area contributed by atoms with E-state index in [0.29, 0.717) is 36.2 Å². The molecule has 1 atom stereocenters. The van der Waals surface area contributed by atoms with E-state index in [0.717, 1.165) is 46.7 Å². The van der Waals surface area contributed by atoms with Crippen molar-refractivity contribution < 1.29 is 22.7 Å². The van der Waals surface area contributed by atoms with Crippen LogP contribution in [0.15, 0.2) is 70.4 Å². The third-order valence-electron chi connectivity index (χ3n) is 7.41. The number of methoxy groups -OCH3 is 1. The molecule has 3 aliphatic rings. The summed E-state index contributed by atoms with van der Waals surface area (Å²) in [5.41, 5.74) is 6.27. The smallest absolute Gasteiger partial charge is 0.390 e. The highest BCUT2D eigenvalue weighted by molar-refractivity contribution is 6.15. The molecule has 1 N–H and O–H groups in total. The van der Waals surface area contributed by atoms with Crippen LogP contribution >= 0.6 is 0 Å². The quantitative estimate of drug-likeness (QED) is 0.381. The third kappa shape index (κ3) is 7.26. The number of aliphatic imine (C=N–C) groups is 1. The molecule has 2 aromatic carbocycles. The maximum Gasteiger partial charge on any atom is 0.390 e. The van der Waals surface area contributed by atoms with E-state index in [-0.39, 0.29) is 24.4 Å². The monoisotopic (exact) mass is 564 g/mol. The minimum absolute atomic E-state index is 0.0731. The van der Waals surface area contributed by atoms with Crippen molar-refractivity contribution in [3.8, 4) is 5.75 Å². The molecule has 6 nitrogen and oxygen atoms in total. The number of hydrogen-bond acceptors (Lipinski definition) is 5. The molecule has 0 spiro atoms. The van der Waals surface area contributed by atoms with Crippen LogP contribution in [0.1, 0.15) is 66.1 Å². The second kappa shape index (κ2) is 11.9. The van der Waals surface area contributed by atoms with Gasteiger partial charge >= 0.3 is 6.18 Å². The van der Waals surface area contributed by atoms with Crippen LogP contribution in [0, 0.1) is 12.8 Å². The molecule has 0 aromatic heterocycles. The molecule has 2 aliphatic heterocycles. The molecule has 9 heteroatoms. The number of carbonyl (C=O) groups excluding carboxylic acids is 1. The van der Waals surface area contributed by atoms with Gasteiger partial charge < -0.3 is 10.1 Å². The van der Waals surface area contributed by atoms with Crippen LogP contribution in [-0.2, 0) is 6.42 Å². The Kier molecular flexibility index (Phi) is 8.33. The lowest BCUT2D eigenvalue weighted by Gasteiger charge is -2.31. The van der Waals surface area contributed by atoms with Gasteiger partial charge in [0.15, 0.2) is 0 Å². The van der Waals surface area contributed by atoms with Gasteiger partial charge in [0.25, 0.3) is 5.91 Å². The summed E-state index contributed by atoms with van der Waals surface area (Å²) in [5.74, 6) is 0.815. The Balaban J connectivity index is 1.52. The Hall–Kier alpha value is -3.88. The van der Waals surface area contributed by atoms with Crippen molar-refractivity contribution in [3.05, 3.63) is 82.6 Å². The van der Waals surface area contributed by atoms with E-state index >= 15 is 0 Å². The van der Waals surface area contributed by atoms with Crippen LogP contribution in [-0.4, -0.2) is 48.2 Å². The second-order valence-corrected chi connectivity index (χ2v) is 11.0. The summed E-state index contributed by atoms with van der Waals surface area (Å²) >= 11 is 0. The molecule has 2 heterocycles. The molecule has 1 fully saturated rings. The standard InChI is InChI=1S/C32H35F3N4O2/c1-20-7-12-29-28(36-14-13-32(33,34)35)19-25(17-22-5-4-6-26(18-22)41-3)38-39(29)30(15-20)23-8-11-27(21(2)16-23)31(40)37-24-9-10-24/h4-6,8,11-12,15-16,18,20,24H,7,9-10,13-14,17,19H2,1-3H3,(H,37,40). The lowest BCUT2D eigenvalue weighted by Crippen LogP contribution is -2.31. The van der Waals surface area contributed by atoms with Crippen molar-refractivity contribution in [1.82, 2.24) is 10.3 Å². The van der Waals surface area contributed by atoms with E-state index in [4.69, 9.17) is 9.84 Å². The first-order chi connectivity index (χ1) is 19.6. The molecule has 1 unspecified atom stereocenters. The van der Waals surface area contributed by atoms with E-state index in [9.17, 15) is 18.0 Å². The average molecular weight is 565 g/mol. The number of allylic oxidation sites excluding steroid dienone is 3. The number of rotatable bonds is 8. The number of fused-ring (bicyclic) bond motifs is 1. The number of carbonyl (C=O) groups is 1. The summed E-state index contributed by atoms with van der Waals surface area (Å²) in [7, 11) is 1.61. The Morgan fingerprint density at radius 1 is 1.17 bits per heavy atom. The van der Waals surface area contributed by atoms with Crippen LogP contribution in [0.25, 0.3) is 5.70 Å². The van der Waals surface area contributed by atoms with Gasteiger partial charge in [-0.3, -0.25) is 9.79 Å². The van der Waals surface area contributed by atoms with Gasteiger partial charge in [-0.1, -0.05) is 37.3 Å². The number of nitrogens with zero attached hydrogens (tertiary/aromatic N) is 3. The van der Waals surface area contributed by atoms with Crippen molar-refractivity contribution in [2.45, 2.75) is 64.6 Å². The molecule has 5 rings (SSSR count). The maximum atomic E-state index is 13.0. The summed E-state index contributed by atoms with van der Waals surface area (Å²) in [6.45, 7) is 3.68. The maximum absolute atomic E-state index is 13.0. The average Bonchev–Trinajstić information content (AvgIpc) is 3.75. The molecule has 0 bridgehead atoms. The Labute approximate surface area is 238 Å². The van der Waals surface area contributed by atoms with E-state index in [2.05, 4.69) is 23.3 Å². The van der Waals surface area contributed by atoms with Crippen LogP contribution in [0.4, 0.5) is 13.2 Å². The molecule has 1 aliphatic carbocycles. The Bertz CT molecular complexity index is 1440. The van der Waals surface area contributed by atoms with Gasteiger partial charge in [-0.05, 0) is 67.5 Å². The van der Waals surface area contributed by atoms with Crippen molar-refractivity contribution in [2.24, 2.45) is 16.0 Å². The molecular formula is C32H35F3N4O2. The molecule has 216 valence electrons. The van der Waals surface area contributed by atoms with Gasteiger partial charge in [0, 0.05) is 42.3 Å². The summed E-state index contributed by atoms with van der Waals surface area (Å²) in [6.07, 6.45) is 2.49. The lowest BCUT2D eigenvalue weighted by atomic mass is 9.98. The van der Waals surface area contributed by atoms with Crippen LogP contribution in [0.5, 0.6) is 5.75 Å². The molecule has 1 saturated carbocycles. The van der Waals surface area contributed by atoms with Gasteiger partial charge in [-0.25, -0.2) is 5.01 Å². The minimum Gasteiger partial charge on any atom is -0.497 e. The van der Waals surface area contributed by atoms with Gasteiger partial charge in [0.2, 0.25) is 0 Å². The Morgan fingerprint density at radius 2 is 1.98 bits per heavy atom. The van der Waals surface area contributed by atoms with Gasteiger partial charge in [0.05, 0.1) is 30.6 Å². The third-order valence-corrected chi connectivity index (χ3v) is 7.41. The molecule has 1 amide bonds. The number of alkyl halides is 3. The summed E-state index contributed by atoms with van der Waals surface area (Å²) in [5, 5.41) is 9.91. The number of benzene rings is 2. The summed E-state index contributed by atoms with van der Waals surface area (Å²) < 4.78 is 44.4. The van der Waals surface area contributed by atoms with Crippen molar-refractivity contribution in [2.75, 3.05) is 13.7 Å². The zero-order valence-corrected chi connectivity index (χ0v) is 23.6. The molecule has 2 aromatic rings. The lowest BCUT2D eigenvalue weighted by molar-refractivity contribution is -0.132. The topological polar surface area (TPSA) is 66.3 Å². The van der Waals surface area contributed by atoms with E-state index in [1.165, 1.54) is 0 Å². The molecule has 41 heavy (non-hydrogen) atoms. The SMILES string of the molecule is COc1cccc(CC2=NN3C(=CCC(C)C=C3c3ccc(C(=O)NC4CC4)c(C)c3)C(=NCCC(F)(F)F)C2)c1. The fourth-order valence-electron chi connectivity index (χ4n) is 5.09. The molecule has 0 saturated heterocycles. The van der Waals surface area contributed by atoms with Crippen molar-refractivity contribution in [3.63, 3.8) is 0 Å². The number of aryl methyl sites for hydroxylation is 1. The van der Waals surface area contributed by atoms with Gasteiger partial charge in [0.1, 0.15) is 5.75 Å². The first-order valence-corrected chi connectivity index (χ1v) is 14.0. The molecule has 0 radical (unpaired) electrons. The first kappa shape index (κ1) is 28.6. The number of nitrogens with one attached hydrogen (secondary N) is 1. The highest BCUT2D eigenvalue weighted by Gasteiger charge is 2.31. The minimum atomic E-state index is -4.28. The van der Waals surface area contributed by atoms with Crippen LogP contribution in [0.2, 0.25) is 0 Å². The van der Waals surface area contributed by atoms with Gasteiger partial charge in [-0.2, -0.15) is 18.3 Å². The summed E-state index contributed by atoms with van der Waals surface area (Å²) in [6, 6.07) is 13.7.